The second-order valence-corrected chi connectivity index (χ2v) is 7.48. The Kier molecular flexibility index (Phi) is 4.24. The number of nitrogens with one attached hydrogen (secondary N) is 1. The summed E-state index contributed by atoms with van der Waals surface area (Å²) in [7, 11) is -3.74. The number of fused-ring (bicyclic) bond motifs is 1. The normalized spacial score (nSPS) is 12.9. The van der Waals surface area contributed by atoms with E-state index in [2.05, 4.69) is 15.0 Å². The standard InChI is InChI=1S/C19H16N4O2S/c24-26(25,16-11-5-2-6-12-16)21-19(15-9-3-1-4-10-15)23-18-14-8-7-13-17(18)20-22-23/h1-14,19,21H. The van der Waals surface area contributed by atoms with Gasteiger partial charge in [0.2, 0.25) is 10.0 Å². The van der Waals surface area contributed by atoms with Gasteiger partial charge in [-0.15, -0.1) is 5.10 Å². The van der Waals surface area contributed by atoms with Gasteiger partial charge in [0.25, 0.3) is 0 Å². The van der Waals surface area contributed by atoms with Gasteiger partial charge in [-0.3, -0.25) is 0 Å². The molecule has 0 aliphatic rings. The van der Waals surface area contributed by atoms with Gasteiger partial charge in [0.05, 0.1) is 10.4 Å². The van der Waals surface area contributed by atoms with Gasteiger partial charge in [0, 0.05) is 0 Å². The summed E-state index contributed by atoms with van der Waals surface area (Å²) in [5, 5.41) is 8.34. The molecule has 0 saturated heterocycles. The number of sulfonamides is 1. The van der Waals surface area contributed by atoms with Crippen LogP contribution in [0.2, 0.25) is 0 Å². The molecule has 0 saturated carbocycles. The van der Waals surface area contributed by atoms with Crippen molar-refractivity contribution < 1.29 is 8.42 Å². The lowest BCUT2D eigenvalue weighted by Gasteiger charge is -2.20. The lowest BCUT2D eigenvalue weighted by Crippen LogP contribution is -2.33. The monoisotopic (exact) mass is 364 g/mol. The third-order valence-electron chi connectivity index (χ3n) is 4.06. The Balaban J connectivity index is 1.82. The van der Waals surface area contributed by atoms with E-state index in [1.807, 2.05) is 54.6 Å². The average molecular weight is 364 g/mol. The molecule has 1 unspecified atom stereocenters. The van der Waals surface area contributed by atoms with Crippen molar-refractivity contribution in [3.05, 3.63) is 90.5 Å². The van der Waals surface area contributed by atoms with E-state index in [1.165, 1.54) is 0 Å². The highest BCUT2D eigenvalue weighted by molar-refractivity contribution is 7.89. The smallest absolute Gasteiger partial charge is 0.222 e. The Labute approximate surface area is 151 Å². The summed E-state index contributed by atoms with van der Waals surface area (Å²) in [5.74, 6) is 0. The van der Waals surface area contributed by atoms with Crippen molar-refractivity contribution in [3.8, 4) is 0 Å². The van der Waals surface area contributed by atoms with Crippen LogP contribution in [0.15, 0.2) is 89.8 Å². The molecule has 0 aliphatic carbocycles. The van der Waals surface area contributed by atoms with Crippen LogP contribution in [0.25, 0.3) is 11.0 Å². The molecule has 3 aromatic carbocycles. The highest BCUT2D eigenvalue weighted by atomic mass is 32.2. The van der Waals surface area contributed by atoms with E-state index in [0.717, 1.165) is 11.1 Å². The van der Waals surface area contributed by atoms with Crippen LogP contribution in [0.1, 0.15) is 11.7 Å². The summed E-state index contributed by atoms with van der Waals surface area (Å²) in [6, 6.07) is 25.0. The number of hydrogen-bond acceptors (Lipinski definition) is 4. The quantitative estimate of drug-likeness (QED) is 0.591. The number of nitrogens with zero attached hydrogens (tertiary/aromatic N) is 3. The van der Waals surface area contributed by atoms with E-state index in [0.29, 0.717) is 5.52 Å². The lowest BCUT2D eigenvalue weighted by molar-refractivity contribution is 0.481. The van der Waals surface area contributed by atoms with Crippen LogP contribution in [-0.4, -0.2) is 23.4 Å². The van der Waals surface area contributed by atoms with Gasteiger partial charge >= 0.3 is 0 Å². The fraction of sp³-hybridized carbons (Fsp3) is 0.0526. The zero-order chi connectivity index (χ0) is 18.0. The van der Waals surface area contributed by atoms with Crippen LogP contribution in [0.3, 0.4) is 0 Å². The van der Waals surface area contributed by atoms with E-state index < -0.39 is 16.2 Å². The minimum Gasteiger partial charge on any atom is -0.222 e. The summed E-state index contributed by atoms with van der Waals surface area (Å²) in [5.41, 5.74) is 2.21. The van der Waals surface area contributed by atoms with Crippen LogP contribution in [0.5, 0.6) is 0 Å². The molecule has 1 atom stereocenters. The molecule has 0 spiro atoms. The SMILES string of the molecule is O=S(=O)(NC(c1ccccc1)n1nnc2ccccc21)c1ccccc1. The first kappa shape index (κ1) is 16.4. The van der Waals surface area contributed by atoms with Crippen molar-refractivity contribution in [1.29, 1.82) is 0 Å². The van der Waals surface area contributed by atoms with Crippen molar-refractivity contribution in [2.75, 3.05) is 0 Å². The van der Waals surface area contributed by atoms with Gasteiger partial charge in [-0.2, -0.15) is 4.72 Å². The molecular weight excluding hydrogens is 348 g/mol. The average Bonchev–Trinajstić information content (AvgIpc) is 3.11. The molecule has 0 amide bonds. The molecule has 1 N–H and O–H groups in total. The molecule has 0 bridgehead atoms. The topological polar surface area (TPSA) is 76.9 Å². The molecule has 26 heavy (non-hydrogen) atoms. The summed E-state index contributed by atoms with van der Waals surface area (Å²) >= 11 is 0. The van der Waals surface area contributed by atoms with E-state index in [1.54, 1.807) is 35.0 Å². The number of para-hydroxylation sites is 1. The summed E-state index contributed by atoms with van der Waals surface area (Å²) in [6.07, 6.45) is -0.714. The molecule has 4 aromatic rings. The molecule has 1 heterocycles. The van der Waals surface area contributed by atoms with Gasteiger partial charge in [-0.05, 0) is 29.8 Å². The van der Waals surface area contributed by atoms with Crippen molar-refractivity contribution >= 4 is 21.1 Å². The maximum Gasteiger partial charge on any atom is 0.242 e. The van der Waals surface area contributed by atoms with Crippen LogP contribution < -0.4 is 4.72 Å². The molecule has 4 rings (SSSR count). The number of benzene rings is 3. The zero-order valence-electron chi connectivity index (χ0n) is 13.7. The number of rotatable bonds is 5. The van der Waals surface area contributed by atoms with E-state index in [4.69, 9.17) is 0 Å². The van der Waals surface area contributed by atoms with Gasteiger partial charge in [0.1, 0.15) is 11.7 Å². The fourth-order valence-corrected chi connectivity index (χ4v) is 3.97. The molecule has 0 fully saturated rings. The highest BCUT2D eigenvalue weighted by Gasteiger charge is 2.24. The maximum atomic E-state index is 12.9. The van der Waals surface area contributed by atoms with Gasteiger partial charge < -0.3 is 0 Å². The summed E-state index contributed by atoms with van der Waals surface area (Å²) < 4.78 is 30.1. The Hall–Kier alpha value is -3.03. The first-order chi connectivity index (χ1) is 12.6. The molecular formula is C19H16N4O2S. The van der Waals surface area contributed by atoms with Crippen molar-refractivity contribution in [3.63, 3.8) is 0 Å². The van der Waals surface area contributed by atoms with E-state index in [9.17, 15) is 8.42 Å². The Bertz CT molecular complexity index is 1130. The fourth-order valence-electron chi connectivity index (χ4n) is 2.79. The minimum absolute atomic E-state index is 0.199. The molecule has 0 radical (unpaired) electrons. The zero-order valence-corrected chi connectivity index (χ0v) is 14.5. The maximum absolute atomic E-state index is 12.9. The first-order valence-corrected chi connectivity index (χ1v) is 9.56. The van der Waals surface area contributed by atoms with Gasteiger partial charge in [0.15, 0.2) is 0 Å². The largest absolute Gasteiger partial charge is 0.242 e. The summed E-state index contributed by atoms with van der Waals surface area (Å²) in [6.45, 7) is 0. The van der Waals surface area contributed by atoms with Gasteiger partial charge in [-0.25, -0.2) is 13.1 Å². The van der Waals surface area contributed by atoms with Crippen molar-refractivity contribution in [2.45, 2.75) is 11.1 Å². The number of aromatic nitrogens is 3. The third kappa shape index (κ3) is 3.10. The minimum atomic E-state index is -3.74. The molecule has 7 heteroatoms. The molecule has 130 valence electrons. The second-order valence-electron chi connectivity index (χ2n) is 5.77. The first-order valence-electron chi connectivity index (χ1n) is 8.07. The van der Waals surface area contributed by atoms with E-state index >= 15 is 0 Å². The van der Waals surface area contributed by atoms with E-state index in [-0.39, 0.29) is 4.90 Å². The predicted molar refractivity (Wildman–Crippen MR) is 98.9 cm³/mol. The lowest BCUT2D eigenvalue weighted by atomic mass is 10.2. The Morgan fingerprint density at radius 1 is 0.808 bits per heavy atom. The molecule has 0 aliphatic heterocycles. The van der Waals surface area contributed by atoms with Crippen LogP contribution in [0.4, 0.5) is 0 Å². The van der Waals surface area contributed by atoms with Crippen molar-refractivity contribution in [2.24, 2.45) is 0 Å². The van der Waals surface area contributed by atoms with Gasteiger partial charge in [-0.1, -0.05) is 65.9 Å². The summed E-state index contributed by atoms with van der Waals surface area (Å²) in [4.78, 5) is 0.199. The molecule has 1 aromatic heterocycles. The highest BCUT2D eigenvalue weighted by Crippen LogP contribution is 2.22. The van der Waals surface area contributed by atoms with Crippen LogP contribution in [0, 0.1) is 0 Å². The Morgan fingerprint density at radius 3 is 2.15 bits per heavy atom. The Morgan fingerprint density at radius 2 is 1.42 bits per heavy atom. The molecule has 6 nitrogen and oxygen atoms in total. The number of hydrogen-bond donors (Lipinski definition) is 1. The van der Waals surface area contributed by atoms with Crippen LogP contribution >= 0.6 is 0 Å². The van der Waals surface area contributed by atoms with Crippen LogP contribution in [-0.2, 0) is 10.0 Å². The predicted octanol–water partition coefficient (Wildman–Crippen LogP) is 2.96. The second kappa shape index (κ2) is 6.70. The third-order valence-corrected chi connectivity index (χ3v) is 5.48. The van der Waals surface area contributed by atoms with Crippen molar-refractivity contribution in [1.82, 2.24) is 19.7 Å².